The van der Waals surface area contributed by atoms with Gasteiger partial charge in [-0.2, -0.15) is 4.72 Å². The monoisotopic (exact) mass is 540 g/mol. The Hall–Kier alpha value is -4.29. The molecule has 0 fully saturated rings. The average molecular weight is 541 g/mol. The molecule has 2 amide bonds. The third-order valence-electron chi connectivity index (χ3n) is 5.41. The first-order valence-corrected chi connectivity index (χ1v) is 13.2. The SMILES string of the molecule is Cc1cccc(NC(=O)[C@H](CCCNC(=O)OCc2ccccc2)NS(=O)(=O)c2ccc([N+](=O)[O-])cc2)c1. The highest BCUT2D eigenvalue weighted by Gasteiger charge is 2.26. The average Bonchev–Trinajstić information content (AvgIpc) is 2.89. The quantitative estimate of drug-likeness (QED) is 0.179. The van der Waals surface area contributed by atoms with E-state index in [0.29, 0.717) is 5.69 Å². The van der Waals surface area contributed by atoms with Crippen molar-refractivity contribution in [3.05, 3.63) is 100 Å². The zero-order chi connectivity index (χ0) is 27.5. The molecule has 1 atom stereocenters. The molecule has 0 spiro atoms. The number of nitrogens with one attached hydrogen (secondary N) is 3. The van der Waals surface area contributed by atoms with Crippen LogP contribution in [-0.2, 0) is 26.2 Å². The van der Waals surface area contributed by atoms with Crippen molar-refractivity contribution in [2.24, 2.45) is 0 Å². The number of carbonyl (C=O) groups excluding carboxylic acids is 2. The van der Waals surface area contributed by atoms with Crippen LogP contribution in [0, 0.1) is 17.0 Å². The van der Waals surface area contributed by atoms with E-state index in [4.69, 9.17) is 4.74 Å². The minimum absolute atomic E-state index is 0.0584. The normalized spacial score (nSPS) is 11.8. The Morgan fingerprint density at radius 1 is 1.00 bits per heavy atom. The molecule has 0 aliphatic rings. The molecule has 0 radical (unpaired) electrons. The van der Waals surface area contributed by atoms with Gasteiger partial charge >= 0.3 is 6.09 Å². The summed E-state index contributed by atoms with van der Waals surface area (Å²) in [5, 5.41) is 16.2. The van der Waals surface area contributed by atoms with Crippen LogP contribution < -0.4 is 15.4 Å². The van der Waals surface area contributed by atoms with E-state index >= 15 is 0 Å². The number of carbonyl (C=O) groups is 2. The fourth-order valence-electron chi connectivity index (χ4n) is 3.47. The summed E-state index contributed by atoms with van der Waals surface area (Å²) in [6, 6.07) is 19.3. The molecular formula is C26H28N4O7S. The lowest BCUT2D eigenvalue weighted by Gasteiger charge is -2.19. The van der Waals surface area contributed by atoms with Crippen molar-refractivity contribution < 1.29 is 27.7 Å². The number of sulfonamides is 1. The highest BCUT2D eigenvalue weighted by Crippen LogP contribution is 2.17. The second-order valence-corrected chi connectivity index (χ2v) is 10.1. The Bertz CT molecular complexity index is 1360. The van der Waals surface area contributed by atoms with Gasteiger partial charge in [0, 0.05) is 24.4 Å². The number of amides is 2. The van der Waals surface area contributed by atoms with Crippen molar-refractivity contribution in [3.8, 4) is 0 Å². The van der Waals surface area contributed by atoms with Crippen molar-refractivity contribution >= 4 is 33.4 Å². The van der Waals surface area contributed by atoms with Gasteiger partial charge in [-0.25, -0.2) is 13.2 Å². The lowest BCUT2D eigenvalue weighted by Crippen LogP contribution is -2.44. The van der Waals surface area contributed by atoms with Crippen LogP contribution in [0.1, 0.15) is 24.0 Å². The summed E-state index contributed by atoms with van der Waals surface area (Å²) in [5.74, 6) is -0.590. The van der Waals surface area contributed by atoms with Crippen LogP contribution in [0.3, 0.4) is 0 Å². The number of nitrogens with zero attached hydrogens (tertiary/aromatic N) is 1. The summed E-state index contributed by atoms with van der Waals surface area (Å²) in [4.78, 5) is 35.0. The van der Waals surface area contributed by atoms with Crippen LogP contribution in [0.15, 0.2) is 83.8 Å². The lowest BCUT2D eigenvalue weighted by atomic mass is 10.1. The van der Waals surface area contributed by atoms with Gasteiger partial charge in [0.05, 0.1) is 9.82 Å². The summed E-state index contributed by atoms with van der Waals surface area (Å²) < 4.78 is 33.4. The molecule has 0 aromatic heterocycles. The van der Waals surface area contributed by atoms with E-state index in [1.165, 1.54) is 0 Å². The van der Waals surface area contributed by atoms with E-state index in [1.54, 1.807) is 18.2 Å². The molecule has 3 rings (SSSR count). The molecule has 0 heterocycles. The Morgan fingerprint density at radius 2 is 1.71 bits per heavy atom. The van der Waals surface area contributed by atoms with E-state index in [1.807, 2.05) is 43.3 Å². The Morgan fingerprint density at radius 3 is 2.37 bits per heavy atom. The van der Waals surface area contributed by atoms with Crippen molar-refractivity contribution in [3.63, 3.8) is 0 Å². The zero-order valence-electron chi connectivity index (χ0n) is 20.6. The van der Waals surface area contributed by atoms with Gasteiger partial charge in [0.2, 0.25) is 15.9 Å². The molecule has 3 aromatic carbocycles. The number of hydrogen-bond acceptors (Lipinski definition) is 7. The van der Waals surface area contributed by atoms with Crippen LogP contribution in [0.2, 0.25) is 0 Å². The summed E-state index contributed by atoms with van der Waals surface area (Å²) in [7, 11) is -4.19. The third-order valence-corrected chi connectivity index (χ3v) is 6.90. The molecule has 0 unspecified atom stereocenters. The number of hydrogen-bond donors (Lipinski definition) is 3. The van der Waals surface area contributed by atoms with Gasteiger partial charge in [-0.05, 0) is 55.2 Å². The largest absolute Gasteiger partial charge is 0.445 e. The summed E-state index contributed by atoms with van der Waals surface area (Å²) >= 11 is 0. The van der Waals surface area contributed by atoms with Crippen LogP contribution in [0.25, 0.3) is 0 Å². The molecular weight excluding hydrogens is 512 g/mol. The number of alkyl carbamates (subject to hydrolysis) is 1. The van der Waals surface area contributed by atoms with Gasteiger partial charge in [0.15, 0.2) is 0 Å². The smallest absolute Gasteiger partial charge is 0.407 e. The van der Waals surface area contributed by atoms with E-state index < -0.39 is 33.0 Å². The number of nitro benzene ring substituents is 1. The second kappa shape index (κ2) is 13.3. The summed E-state index contributed by atoms with van der Waals surface area (Å²) in [6.07, 6.45) is -0.320. The summed E-state index contributed by atoms with van der Waals surface area (Å²) in [6.45, 7) is 2.09. The molecule has 38 heavy (non-hydrogen) atoms. The highest BCUT2D eigenvalue weighted by atomic mass is 32.2. The first-order chi connectivity index (χ1) is 18.1. The van der Waals surface area contributed by atoms with Gasteiger partial charge in [0.25, 0.3) is 5.69 Å². The maximum Gasteiger partial charge on any atom is 0.407 e. The lowest BCUT2D eigenvalue weighted by molar-refractivity contribution is -0.384. The number of anilines is 1. The summed E-state index contributed by atoms with van der Waals surface area (Å²) in [5.41, 5.74) is 1.97. The number of benzene rings is 3. The number of nitro groups is 1. The van der Waals surface area contributed by atoms with Crippen LogP contribution in [0.4, 0.5) is 16.2 Å². The topological polar surface area (TPSA) is 157 Å². The van der Waals surface area contributed by atoms with Crippen LogP contribution in [0.5, 0.6) is 0 Å². The van der Waals surface area contributed by atoms with E-state index in [-0.39, 0.29) is 36.6 Å². The fraction of sp³-hybridized carbons (Fsp3) is 0.231. The number of non-ortho nitro benzene ring substituents is 1. The second-order valence-electron chi connectivity index (χ2n) is 8.41. The standard InChI is InChI=1S/C26H28N4O7S/c1-19-7-5-10-21(17-19)28-25(31)24(29-38(35,36)23-14-12-22(13-15-23)30(33)34)11-6-16-27-26(32)37-18-20-8-3-2-4-9-20/h2-5,7-10,12-15,17,24,29H,6,11,16,18H2,1H3,(H,27,32)(H,28,31)/t24-/m0/s1. The van der Waals surface area contributed by atoms with E-state index in [2.05, 4.69) is 15.4 Å². The van der Waals surface area contributed by atoms with Gasteiger partial charge in [-0.1, -0.05) is 42.5 Å². The minimum Gasteiger partial charge on any atom is -0.445 e. The Labute approximate surface area is 220 Å². The maximum atomic E-state index is 13.0. The molecule has 12 heteroatoms. The Kier molecular flexibility index (Phi) is 9.91. The predicted octanol–water partition coefficient (Wildman–Crippen LogP) is 3.90. The fourth-order valence-corrected chi connectivity index (χ4v) is 4.70. The molecule has 3 N–H and O–H groups in total. The molecule has 200 valence electrons. The molecule has 0 bridgehead atoms. The van der Waals surface area contributed by atoms with Gasteiger partial charge in [-0.15, -0.1) is 0 Å². The molecule has 0 aliphatic carbocycles. The molecule has 0 saturated carbocycles. The van der Waals surface area contributed by atoms with Crippen molar-refractivity contribution in [2.45, 2.75) is 37.3 Å². The van der Waals surface area contributed by atoms with E-state index in [9.17, 15) is 28.1 Å². The Balaban J connectivity index is 1.63. The molecule has 0 aliphatic heterocycles. The van der Waals surface area contributed by atoms with E-state index in [0.717, 1.165) is 35.4 Å². The van der Waals surface area contributed by atoms with Gasteiger partial charge < -0.3 is 15.4 Å². The van der Waals surface area contributed by atoms with Crippen molar-refractivity contribution in [2.75, 3.05) is 11.9 Å². The van der Waals surface area contributed by atoms with Gasteiger partial charge in [-0.3, -0.25) is 14.9 Å². The van der Waals surface area contributed by atoms with Crippen molar-refractivity contribution in [1.82, 2.24) is 10.0 Å². The molecule has 11 nitrogen and oxygen atoms in total. The third kappa shape index (κ3) is 8.68. The minimum atomic E-state index is -4.19. The molecule has 3 aromatic rings. The van der Waals surface area contributed by atoms with Crippen LogP contribution >= 0.6 is 0 Å². The first-order valence-electron chi connectivity index (χ1n) is 11.7. The zero-order valence-corrected chi connectivity index (χ0v) is 21.4. The number of ether oxygens (including phenoxy) is 1. The van der Waals surface area contributed by atoms with Crippen LogP contribution in [-0.4, -0.2) is 37.9 Å². The highest BCUT2D eigenvalue weighted by molar-refractivity contribution is 7.89. The number of aryl methyl sites for hydroxylation is 1. The van der Waals surface area contributed by atoms with Crippen molar-refractivity contribution in [1.29, 1.82) is 0 Å². The first kappa shape index (κ1) is 28.3. The number of rotatable bonds is 12. The maximum absolute atomic E-state index is 13.0. The molecule has 0 saturated heterocycles. The van der Waals surface area contributed by atoms with Gasteiger partial charge in [0.1, 0.15) is 12.6 Å². The predicted molar refractivity (Wildman–Crippen MR) is 141 cm³/mol.